The molecule has 118 valence electrons. The van der Waals surface area contributed by atoms with E-state index in [9.17, 15) is 25.6 Å². The molecule has 21 heavy (non-hydrogen) atoms. The highest BCUT2D eigenvalue weighted by Gasteiger charge is 2.33. The molecule has 1 saturated heterocycles. The van der Waals surface area contributed by atoms with Gasteiger partial charge in [-0.15, -0.1) is 0 Å². The predicted octanol–water partition coefficient (Wildman–Crippen LogP) is 0.403. The molecular formula is C11H14F2N2O4S2. The Kier molecular flexibility index (Phi) is 4.22. The zero-order valence-corrected chi connectivity index (χ0v) is 12.5. The first-order valence-corrected chi connectivity index (χ1v) is 9.29. The number of anilines is 1. The highest BCUT2D eigenvalue weighted by Crippen LogP contribution is 2.23. The molecule has 0 spiro atoms. The van der Waals surface area contributed by atoms with Crippen LogP contribution in [0.25, 0.3) is 0 Å². The monoisotopic (exact) mass is 340 g/mol. The molecule has 0 aliphatic carbocycles. The molecule has 0 saturated carbocycles. The average molecular weight is 340 g/mol. The Balaban J connectivity index is 2.24. The maximum absolute atomic E-state index is 13.6. The van der Waals surface area contributed by atoms with Crippen molar-refractivity contribution < 1.29 is 25.6 Å². The summed E-state index contributed by atoms with van der Waals surface area (Å²) < 4.78 is 75.9. The third-order valence-corrected chi connectivity index (χ3v) is 6.97. The molecule has 0 aromatic heterocycles. The fourth-order valence-corrected chi connectivity index (χ4v) is 5.22. The van der Waals surface area contributed by atoms with Gasteiger partial charge in [-0.25, -0.2) is 30.3 Å². The summed E-state index contributed by atoms with van der Waals surface area (Å²) in [6.45, 7) is -0.374. The van der Waals surface area contributed by atoms with Gasteiger partial charge >= 0.3 is 0 Å². The normalized spacial score (nSPS) is 21.5. The number of hydrogen-bond acceptors (Lipinski definition) is 5. The minimum absolute atomic E-state index is 0.000663. The van der Waals surface area contributed by atoms with E-state index in [1.165, 1.54) is 0 Å². The first kappa shape index (κ1) is 16.1. The summed E-state index contributed by atoms with van der Waals surface area (Å²) in [6, 6.07) is 1.44. The van der Waals surface area contributed by atoms with Crippen LogP contribution in [0.5, 0.6) is 0 Å². The number of halogens is 2. The van der Waals surface area contributed by atoms with Crippen molar-refractivity contribution in [2.75, 3.05) is 18.0 Å². The Labute approximate surface area is 121 Å². The topological polar surface area (TPSA) is 106 Å². The zero-order chi connectivity index (χ0) is 15.8. The van der Waals surface area contributed by atoms with Gasteiger partial charge in [-0.2, -0.15) is 0 Å². The second-order valence-corrected chi connectivity index (χ2v) is 8.93. The van der Waals surface area contributed by atoms with Crippen LogP contribution in [0.1, 0.15) is 12.8 Å². The molecular weight excluding hydrogens is 326 g/mol. The molecule has 1 aliphatic rings. The van der Waals surface area contributed by atoms with E-state index in [1.807, 2.05) is 4.72 Å². The van der Waals surface area contributed by atoms with Crippen LogP contribution in [-0.4, -0.2) is 34.4 Å². The van der Waals surface area contributed by atoms with Gasteiger partial charge in [-0.1, -0.05) is 0 Å². The van der Waals surface area contributed by atoms with Gasteiger partial charge in [0, 0.05) is 12.2 Å². The van der Waals surface area contributed by atoms with Crippen LogP contribution < -0.4 is 10.5 Å². The van der Waals surface area contributed by atoms with E-state index in [-0.39, 0.29) is 18.0 Å². The molecule has 0 radical (unpaired) electrons. The second-order valence-electron chi connectivity index (χ2n) is 4.80. The highest BCUT2D eigenvalue weighted by molar-refractivity contribution is 7.92. The minimum Gasteiger partial charge on any atom is -0.399 e. The van der Waals surface area contributed by atoms with E-state index in [1.54, 1.807) is 0 Å². The van der Waals surface area contributed by atoms with E-state index in [4.69, 9.17) is 5.73 Å². The smallest absolute Gasteiger partial charge is 0.243 e. The SMILES string of the molecule is Nc1cc(F)c(F)c(S(=O)(=O)NCC2CCCS2(=O)=O)c1. The maximum atomic E-state index is 13.6. The Bertz CT molecular complexity index is 763. The lowest BCUT2D eigenvalue weighted by molar-refractivity contribution is 0.483. The molecule has 2 rings (SSSR count). The van der Waals surface area contributed by atoms with Gasteiger partial charge in [0.25, 0.3) is 0 Å². The van der Waals surface area contributed by atoms with E-state index < -0.39 is 41.6 Å². The summed E-state index contributed by atoms with van der Waals surface area (Å²) >= 11 is 0. The van der Waals surface area contributed by atoms with Gasteiger partial charge in [-0.3, -0.25) is 0 Å². The summed E-state index contributed by atoms with van der Waals surface area (Å²) in [5.74, 6) is -2.93. The number of hydrogen-bond donors (Lipinski definition) is 2. The van der Waals surface area contributed by atoms with E-state index >= 15 is 0 Å². The van der Waals surface area contributed by atoms with Crippen molar-refractivity contribution in [3.05, 3.63) is 23.8 Å². The van der Waals surface area contributed by atoms with Gasteiger partial charge in [-0.05, 0) is 25.0 Å². The molecule has 3 N–H and O–H groups in total. The molecule has 1 atom stereocenters. The third kappa shape index (κ3) is 3.33. The van der Waals surface area contributed by atoms with E-state index in [0.717, 1.165) is 6.07 Å². The van der Waals surface area contributed by atoms with Crippen molar-refractivity contribution in [1.29, 1.82) is 0 Å². The van der Waals surface area contributed by atoms with Gasteiger partial charge in [0.15, 0.2) is 21.5 Å². The standard InChI is InChI=1S/C11H14F2N2O4S2/c12-9-4-7(14)5-10(11(9)13)21(18,19)15-6-8-2-1-3-20(8,16)17/h4-5,8,15H,1-3,6,14H2. The molecule has 1 aromatic rings. The predicted molar refractivity (Wildman–Crippen MR) is 72.8 cm³/mol. The van der Waals surface area contributed by atoms with E-state index in [0.29, 0.717) is 18.9 Å². The van der Waals surface area contributed by atoms with Crippen molar-refractivity contribution in [2.24, 2.45) is 0 Å². The van der Waals surface area contributed by atoms with E-state index in [2.05, 4.69) is 0 Å². The van der Waals surface area contributed by atoms with Gasteiger partial charge in [0.1, 0.15) is 4.90 Å². The summed E-state index contributed by atoms with van der Waals surface area (Å²) in [7, 11) is -7.72. The van der Waals surface area contributed by atoms with Crippen LogP contribution in [0.4, 0.5) is 14.5 Å². The Morgan fingerprint density at radius 3 is 2.57 bits per heavy atom. The largest absolute Gasteiger partial charge is 0.399 e. The molecule has 6 nitrogen and oxygen atoms in total. The number of sulfonamides is 1. The summed E-state index contributed by atoms with van der Waals surface area (Å²) in [5, 5.41) is -0.846. The molecule has 1 unspecified atom stereocenters. The first-order chi connectivity index (χ1) is 9.63. The van der Waals surface area contributed by atoms with Gasteiger partial charge in [0.05, 0.1) is 11.0 Å². The molecule has 1 aromatic carbocycles. The zero-order valence-electron chi connectivity index (χ0n) is 10.8. The van der Waals surface area contributed by atoms with Crippen LogP contribution >= 0.6 is 0 Å². The molecule has 1 fully saturated rings. The number of rotatable bonds is 4. The van der Waals surface area contributed by atoms with Crippen LogP contribution in [0.15, 0.2) is 17.0 Å². The number of benzene rings is 1. The number of nitrogens with two attached hydrogens (primary N) is 1. The number of nitrogens with one attached hydrogen (secondary N) is 1. The molecule has 0 bridgehead atoms. The highest BCUT2D eigenvalue weighted by atomic mass is 32.2. The fourth-order valence-electron chi connectivity index (χ4n) is 2.15. The average Bonchev–Trinajstić information content (AvgIpc) is 2.70. The van der Waals surface area contributed by atoms with Crippen LogP contribution in [-0.2, 0) is 19.9 Å². The first-order valence-electron chi connectivity index (χ1n) is 6.09. The summed E-state index contributed by atoms with van der Waals surface area (Å²) in [4.78, 5) is -0.935. The van der Waals surface area contributed by atoms with Crippen molar-refractivity contribution >= 4 is 25.5 Å². The van der Waals surface area contributed by atoms with Gasteiger partial charge < -0.3 is 5.73 Å². The van der Waals surface area contributed by atoms with Crippen molar-refractivity contribution in [3.8, 4) is 0 Å². The van der Waals surface area contributed by atoms with Crippen LogP contribution in [0.2, 0.25) is 0 Å². The lowest BCUT2D eigenvalue weighted by Gasteiger charge is -2.12. The van der Waals surface area contributed by atoms with Crippen molar-refractivity contribution in [2.45, 2.75) is 23.0 Å². The third-order valence-electron chi connectivity index (χ3n) is 3.27. The Hall–Kier alpha value is -1.26. The Morgan fingerprint density at radius 2 is 2.00 bits per heavy atom. The molecule has 1 heterocycles. The second kappa shape index (κ2) is 5.50. The Morgan fingerprint density at radius 1 is 1.33 bits per heavy atom. The lowest BCUT2D eigenvalue weighted by Crippen LogP contribution is -2.35. The van der Waals surface area contributed by atoms with Crippen LogP contribution in [0, 0.1) is 11.6 Å². The molecule has 10 heteroatoms. The number of nitrogen functional groups attached to an aromatic ring is 1. The van der Waals surface area contributed by atoms with Crippen molar-refractivity contribution in [1.82, 2.24) is 4.72 Å². The molecule has 1 aliphatic heterocycles. The molecule has 0 amide bonds. The fraction of sp³-hybridized carbons (Fsp3) is 0.455. The quantitative estimate of drug-likeness (QED) is 0.772. The van der Waals surface area contributed by atoms with Crippen LogP contribution in [0.3, 0.4) is 0 Å². The number of sulfone groups is 1. The van der Waals surface area contributed by atoms with Crippen molar-refractivity contribution in [3.63, 3.8) is 0 Å². The van der Waals surface area contributed by atoms with Gasteiger partial charge in [0.2, 0.25) is 10.0 Å². The summed E-state index contributed by atoms with van der Waals surface area (Å²) in [5.41, 5.74) is 5.04. The minimum atomic E-state index is -4.38. The lowest BCUT2D eigenvalue weighted by atomic mass is 10.2. The maximum Gasteiger partial charge on any atom is 0.243 e. The summed E-state index contributed by atoms with van der Waals surface area (Å²) in [6.07, 6.45) is 0.786.